The first-order chi connectivity index (χ1) is 10.6. The minimum Gasteiger partial charge on any atom is -0.507 e. The summed E-state index contributed by atoms with van der Waals surface area (Å²) in [7, 11) is 0. The van der Waals surface area contributed by atoms with Crippen LogP contribution in [0.25, 0.3) is 6.08 Å². The second-order valence-corrected chi connectivity index (χ2v) is 5.34. The van der Waals surface area contributed by atoms with Crippen LogP contribution in [0.5, 0.6) is 5.75 Å². The number of anilines is 1. The summed E-state index contributed by atoms with van der Waals surface area (Å²) >= 11 is 5.93. The zero-order valence-corrected chi connectivity index (χ0v) is 12.6. The van der Waals surface area contributed by atoms with Crippen molar-refractivity contribution in [1.29, 1.82) is 0 Å². The van der Waals surface area contributed by atoms with E-state index in [-0.39, 0.29) is 11.7 Å². The van der Waals surface area contributed by atoms with E-state index in [0.29, 0.717) is 27.6 Å². The van der Waals surface area contributed by atoms with Crippen LogP contribution in [0.1, 0.15) is 12.5 Å². The summed E-state index contributed by atoms with van der Waals surface area (Å²) in [6.45, 7) is 1.76. The number of aromatic hydroxyl groups is 1. The number of carbonyl (C=O) groups is 1. The highest BCUT2D eigenvalue weighted by Crippen LogP contribution is 2.28. The number of phenols is 1. The Hall–Kier alpha value is -2.59. The highest BCUT2D eigenvalue weighted by atomic mass is 35.5. The van der Waals surface area contributed by atoms with Crippen molar-refractivity contribution >= 4 is 35.0 Å². The number of hydrogen-bond acceptors (Lipinski definition) is 3. The van der Waals surface area contributed by atoms with Crippen molar-refractivity contribution in [2.45, 2.75) is 6.92 Å². The van der Waals surface area contributed by atoms with Gasteiger partial charge in [-0.15, -0.1) is 0 Å². The van der Waals surface area contributed by atoms with Gasteiger partial charge in [0.15, 0.2) is 0 Å². The first-order valence-corrected chi connectivity index (χ1v) is 7.09. The fourth-order valence-electron chi connectivity index (χ4n) is 2.22. The van der Waals surface area contributed by atoms with Crippen LogP contribution >= 0.6 is 11.6 Å². The Kier molecular flexibility index (Phi) is 3.69. The molecule has 3 rings (SSSR count). The molecule has 1 aliphatic heterocycles. The van der Waals surface area contributed by atoms with E-state index in [0.717, 1.165) is 0 Å². The van der Waals surface area contributed by atoms with Gasteiger partial charge in [0, 0.05) is 10.6 Å². The van der Waals surface area contributed by atoms with Crippen molar-refractivity contribution in [2.75, 3.05) is 5.01 Å². The fraction of sp³-hybridized carbons (Fsp3) is 0.0588. The number of nitrogens with zero attached hydrogens (tertiary/aromatic N) is 2. The maximum atomic E-state index is 12.5. The summed E-state index contributed by atoms with van der Waals surface area (Å²) in [6, 6.07) is 13.9. The van der Waals surface area contributed by atoms with E-state index in [4.69, 9.17) is 11.6 Å². The van der Waals surface area contributed by atoms with Crippen LogP contribution in [0.3, 0.4) is 0 Å². The van der Waals surface area contributed by atoms with Gasteiger partial charge in [-0.2, -0.15) is 10.1 Å². The minimum atomic E-state index is -0.233. The van der Waals surface area contributed by atoms with Crippen LogP contribution < -0.4 is 5.01 Å². The first kappa shape index (κ1) is 14.4. The fourth-order valence-corrected chi connectivity index (χ4v) is 2.41. The van der Waals surface area contributed by atoms with E-state index in [9.17, 15) is 9.90 Å². The molecule has 0 radical (unpaired) electrons. The number of phenolic OH excluding ortho intramolecular Hbond substituents is 1. The molecule has 4 nitrogen and oxygen atoms in total. The predicted molar refractivity (Wildman–Crippen MR) is 88.1 cm³/mol. The van der Waals surface area contributed by atoms with Crippen molar-refractivity contribution in [3.05, 3.63) is 64.7 Å². The molecule has 2 aromatic carbocycles. The van der Waals surface area contributed by atoms with E-state index < -0.39 is 0 Å². The Morgan fingerprint density at radius 1 is 1.18 bits per heavy atom. The zero-order valence-electron chi connectivity index (χ0n) is 11.8. The van der Waals surface area contributed by atoms with Crippen molar-refractivity contribution < 1.29 is 9.90 Å². The number of halogens is 1. The third kappa shape index (κ3) is 2.61. The Labute approximate surface area is 133 Å². The van der Waals surface area contributed by atoms with Crippen LogP contribution in [-0.4, -0.2) is 16.7 Å². The SMILES string of the molecule is CC1=NN(c2ccccc2)C(=O)/C1=C/c1cc(Cl)ccc1O. The molecule has 22 heavy (non-hydrogen) atoms. The topological polar surface area (TPSA) is 52.9 Å². The number of para-hydroxylation sites is 1. The van der Waals surface area contributed by atoms with E-state index in [1.165, 1.54) is 11.1 Å². The molecule has 1 heterocycles. The van der Waals surface area contributed by atoms with Crippen LogP contribution in [0.15, 0.2) is 59.2 Å². The minimum absolute atomic E-state index is 0.0654. The maximum absolute atomic E-state index is 12.5. The Morgan fingerprint density at radius 3 is 2.64 bits per heavy atom. The van der Waals surface area contributed by atoms with Gasteiger partial charge in [0.25, 0.3) is 5.91 Å². The molecular formula is C17H13ClN2O2. The van der Waals surface area contributed by atoms with Gasteiger partial charge >= 0.3 is 0 Å². The molecule has 0 bridgehead atoms. The molecule has 2 aromatic rings. The molecule has 5 heteroatoms. The van der Waals surface area contributed by atoms with Crippen molar-refractivity contribution in [2.24, 2.45) is 5.10 Å². The molecule has 0 atom stereocenters. The molecule has 1 aliphatic rings. The monoisotopic (exact) mass is 312 g/mol. The molecule has 0 unspecified atom stereocenters. The Balaban J connectivity index is 2.00. The second-order valence-electron chi connectivity index (χ2n) is 4.90. The van der Waals surface area contributed by atoms with Crippen LogP contribution in [-0.2, 0) is 4.79 Å². The Morgan fingerprint density at radius 2 is 1.91 bits per heavy atom. The lowest BCUT2D eigenvalue weighted by atomic mass is 10.1. The molecule has 0 aromatic heterocycles. The highest BCUT2D eigenvalue weighted by molar-refractivity contribution is 6.33. The summed E-state index contributed by atoms with van der Waals surface area (Å²) < 4.78 is 0. The van der Waals surface area contributed by atoms with E-state index in [1.54, 1.807) is 25.1 Å². The van der Waals surface area contributed by atoms with Crippen LogP contribution in [0, 0.1) is 0 Å². The number of rotatable bonds is 2. The predicted octanol–water partition coefficient (Wildman–Crippen LogP) is 3.85. The standard InChI is InChI=1S/C17H13ClN2O2/c1-11-15(10-12-9-13(18)7-8-16(12)21)17(22)20(19-11)14-5-3-2-4-6-14/h2-10,21H,1H3/b15-10+. The van der Waals surface area contributed by atoms with Gasteiger partial charge in [0.2, 0.25) is 0 Å². The largest absolute Gasteiger partial charge is 0.507 e. The lowest BCUT2D eigenvalue weighted by Gasteiger charge is -2.11. The number of hydrazone groups is 1. The van der Waals surface area contributed by atoms with Gasteiger partial charge in [-0.05, 0) is 43.3 Å². The van der Waals surface area contributed by atoms with E-state index >= 15 is 0 Å². The smallest absolute Gasteiger partial charge is 0.280 e. The summed E-state index contributed by atoms with van der Waals surface area (Å²) in [5.74, 6) is -0.168. The lowest BCUT2D eigenvalue weighted by molar-refractivity contribution is -0.114. The lowest BCUT2D eigenvalue weighted by Crippen LogP contribution is -2.21. The summed E-state index contributed by atoms with van der Waals surface area (Å²) in [5, 5.41) is 16.0. The molecule has 110 valence electrons. The van der Waals surface area contributed by atoms with Crippen LogP contribution in [0.2, 0.25) is 5.02 Å². The van der Waals surface area contributed by atoms with E-state index in [1.807, 2.05) is 30.3 Å². The summed E-state index contributed by atoms with van der Waals surface area (Å²) in [4.78, 5) is 12.5. The quantitative estimate of drug-likeness (QED) is 0.856. The highest BCUT2D eigenvalue weighted by Gasteiger charge is 2.28. The molecule has 0 saturated carbocycles. The molecule has 0 fully saturated rings. The average molecular weight is 313 g/mol. The van der Waals surface area contributed by atoms with Gasteiger partial charge in [-0.1, -0.05) is 29.8 Å². The van der Waals surface area contributed by atoms with Gasteiger partial charge in [0.05, 0.1) is 17.0 Å². The second kappa shape index (κ2) is 5.66. The normalized spacial score (nSPS) is 16.3. The average Bonchev–Trinajstić information content (AvgIpc) is 2.80. The van der Waals surface area contributed by atoms with Gasteiger partial charge in [-0.3, -0.25) is 4.79 Å². The number of benzene rings is 2. The Bertz CT molecular complexity index is 798. The molecule has 0 saturated heterocycles. The third-order valence-corrected chi connectivity index (χ3v) is 3.59. The number of carbonyl (C=O) groups excluding carboxylic acids is 1. The third-order valence-electron chi connectivity index (χ3n) is 3.35. The maximum Gasteiger partial charge on any atom is 0.280 e. The van der Waals surface area contributed by atoms with Gasteiger partial charge < -0.3 is 5.11 Å². The number of hydrogen-bond donors (Lipinski definition) is 1. The molecule has 0 aliphatic carbocycles. The van der Waals surface area contributed by atoms with E-state index in [2.05, 4.69) is 5.10 Å². The first-order valence-electron chi connectivity index (χ1n) is 6.71. The van der Waals surface area contributed by atoms with Crippen LogP contribution in [0.4, 0.5) is 5.69 Å². The number of amides is 1. The van der Waals surface area contributed by atoms with Crippen molar-refractivity contribution in [3.63, 3.8) is 0 Å². The molecular weight excluding hydrogens is 300 g/mol. The zero-order chi connectivity index (χ0) is 15.7. The van der Waals surface area contributed by atoms with Gasteiger partial charge in [0.1, 0.15) is 5.75 Å². The van der Waals surface area contributed by atoms with Gasteiger partial charge in [-0.25, -0.2) is 0 Å². The molecule has 1 N–H and O–H groups in total. The molecule has 1 amide bonds. The summed E-state index contributed by atoms with van der Waals surface area (Å²) in [5.41, 5.74) is 2.21. The van der Waals surface area contributed by atoms with Crippen molar-refractivity contribution in [1.82, 2.24) is 0 Å². The summed E-state index contributed by atoms with van der Waals surface area (Å²) in [6.07, 6.45) is 1.60. The molecule has 0 spiro atoms. The van der Waals surface area contributed by atoms with Crippen molar-refractivity contribution in [3.8, 4) is 5.75 Å².